The summed E-state index contributed by atoms with van der Waals surface area (Å²) in [7, 11) is -3.75. The molecule has 25 heavy (non-hydrogen) atoms. The van der Waals surface area contributed by atoms with Crippen molar-refractivity contribution in [2.75, 3.05) is 6.26 Å². The van der Waals surface area contributed by atoms with E-state index in [2.05, 4.69) is 0 Å². The lowest BCUT2D eigenvalue weighted by molar-refractivity contribution is -0.138. The van der Waals surface area contributed by atoms with E-state index in [-0.39, 0.29) is 0 Å². The Bertz CT molecular complexity index is 1080. The molecule has 0 aliphatic heterocycles. The van der Waals surface area contributed by atoms with Crippen molar-refractivity contribution >= 4 is 43.7 Å². The molecule has 1 aromatic heterocycles. The molecule has 1 heterocycles. The number of furan rings is 1. The van der Waals surface area contributed by atoms with Gasteiger partial charge in [-0.15, -0.1) is 0 Å². The molecule has 0 aliphatic rings. The Hall–Kier alpha value is -2.71. The average Bonchev–Trinajstić information content (AvgIpc) is 2.90. The molecule has 7 nitrogen and oxygen atoms in total. The number of fused-ring (bicyclic) bond motifs is 3. The molecule has 3 rings (SSSR count). The number of sulfonamides is 1. The molecule has 0 bridgehead atoms. The number of hydrogen-bond donors (Lipinski definition) is 2. The van der Waals surface area contributed by atoms with Crippen LogP contribution in [0, 0.1) is 0 Å². The summed E-state index contributed by atoms with van der Waals surface area (Å²) in [5.41, 5.74) is 1.59. The van der Waals surface area contributed by atoms with Crippen LogP contribution in [0.5, 0.6) is 0 Å². The third kappa shape index (κ3) is 3.70. The van der Waals surface area contributed by atoms with Gasteiger partial charge in [0.1, 0.15) is 17.2 Å². The summed E-state index contributed by atoms with van der Waals surface area (Å²) in [6.45, 7) is 0. The Kier molecular flexibility index (Phi) is 4.32. The van der Waals surface area contributed by atoms with Crippen LogP contribution in [0.2, 0.25) is 0 Å². The topological polar surface area (TPSA) is 114 Å². The van der Waals surface area contributed by atoms with Gasteiger partial charge < -0.3 is 9.52 Å². The number of para-hydroxylation sites is 1. The minimum atomic E-state index is -3.75. The highest BCUT2D eigenvalue weighted by Crippen LogP contribution is 2.29. The van der Waals surface area contributed by atoms with Gasteiger partial charge in [0.25, 0.3) is 0 Å². The van der Waals surface area contributed by atoms with E-state index in [4.69, 9.17) is 9.52 Å². The van der Waals surface area contributed by atoms with Crippen molar-refractivity contribution in [3.63, 3.8) is 0 Å². The van der Waals surface area contributed by atoms with Crippen molar-refractivity contribution in [3.8, 4) is 0 Å². The zero-order valence-corrected chi connectivity index (χ0v) is 14.0. The molecule has 1 unspecified atom stereocenters. The summed E-state index contributed by atoms with van der Waals surface area (Å²) in [6, 6.07) is 10.7. The molecule has 2 N–H and O–H groups in total. The Labute approximate surface area is 143 Å². The molecule has 0 aliphatic carbocycles. The number of carbonyl (C=O) groups is 2. The van der Waals surface area contributed by atoms with Crippen molar-refractivity contribution < 1.29 is 27.5 Å². The van der Waals surface area contributed by atoms with E-state index in [0.29, 0.717) is 16.7 Å². The van der Waals surface area contributed by atoms with Crippen LogP contribution in [-0.2, 0) is 14.8 Å². The molecule has 1 atom stereocenters. The van der Waals surface area contributed by atoms with E-state index in [1.807, 2.05) is 29.0 Å². The normalized spacial score (nSPS) is 13.2. The van der Waals surface area contributed by atoms with Crippen LogP contribution in [0.15, 0.2) is 46.9 Å². The fourth-order valence-electron chi connectivity index (χ4n) is 2.64. The summed E-state index contributed by atoms with van der Waals surface area (Å²) >= 11 is 0. The summed E-state index contributed by atoms with van der Waals surface area (Å²) in [6.07, 6.45) is 0.362. The monoisotopic (exact) mass is 361 g/mol. The number of carboxylic acid groups (broad SMARTS) is 1. The van der Waals surface area contributed by atoms with Crippen LogP contribution in [0.1, 0.15) is 16.8 Å². The first-order chi connectivity index (χ1) is 11.7. The fourth-order valence-corrected chi connectivity index (χ4v) is 3.34. The highest BCUT2D eigenvalue weighted by molar-refractivity contribution is 7.88. The van der Waals surface area contributed by atoms with E-state index in [9.17, 15) is 18.0 Å². The maximum Gasteiger partial charge on any atom is 0.322 e. The van der Waals surface area contributed by atoms with Gasteiger partial charge in [-0.1, -0.05) is 18.2 Å². The van der Waals surface area contributed by atoms with Gasteiger partial charge in [-0.05, 0) is 24.3 Å². The Morgan fingerprint density at radius 1 is 1.12 bits per heavy atom. The van der Waals surface area contributed by atoms with Crippen molar-refractivity contribution in [1.82, 2.24) is 4.72 Å². The average molecular weight is 361 g/mol. The maximum atomic E-state index is 12.4. The van der Waals surface area contributed by atoms with Crippen LogP contribution < -0.4 is 4.72 Å². The van der Waals surface area contributed by atoms with E-state index in [0.717, 1.165) is 17.0 Å². The second-order valence-corrected chi connectivity index (χ2v) is 7.50. The number of carbonyl (C=O) groups excluding carboxylic acids is 1. The molecular formula is C17H15NO6S. The van der Waals surface area contributed by atoms with Crippen LogP contribution in [0.4, 0.5) is 0 Å². The first-order valence-corrected chi connectivity index (χ1v) is 9.28. The molecule has 2 aromatic carbocycles. The SMILES string of the molecule is CS(=O)(=O)NC(CC(=O)c1ccc2oc3ccccc3c2c1)C(=O)O. The van der Waals surface area contributed by atoms with Crippen LogP contribution >= 0.6 is 0 Å². The van der Waals surface area contributed by atoms with E-state index >= 15 is 0 Å². The molecule has 0 radical (unpaired) electrons. The van der Waals surface area contributed by atoms with Gasteiger partial charge in [0.05, 0.1) is 6.26 Å². The van der Waals surface area contributed by atoms with Crippen molar-refractivity contribution in [2.24, 2.45) is 0 Å². The van der Waals surface area contributed by atoms with Crippen molar-refractivity contribution in [2.45, 2.75) is 12.5 Å². The Balaban J connectivity index is 1.93. The van der Waals surface area contributed by atoms with Gasteiger partial charge in [-0.2, -0.15) is 0 Å². The number of aliphatic carboxylic acids is 1. The maximum absolute atomic E-state index is 12.4. The lowest BCUT2D eigenvalue weighted by atomic mass is 10.0. The number of ketones is 1. The van der Waals surface area contributed by atoms with Crippen LogP contribution in [-0.4, -0.2) is 37.6 Å². The number of hydrogen-bond acceptors (Lipinski definition) is 5. The molecule has 8 heteroatoms. The minimum Gasteiger partial charge on any atom is -0.480 e. The quantitative estimate of drug-likeness (QED) is 0.651. The van der Waals surface area contributed by atoms with Crippen molar-refractivity contribution in [1.29, 1.82) is 0 Å². The van der Waals surface area contributed by atoms with Crippen molar-refractivity contribution in [3.05, 3.63) is 48.0 Å². The fraction of sp³-hybridized carbons (Fsp3) is 0.176. The highest BCUT2D eigenvalue weighted by Gasteiger charge is 2.25. The second kappa shape index (κ2) is 6.30. The first kappa shape index (κ1) is 17.1. The van der Waals surface area contributed by atoms with Crippen LogP contribution in [0.25, 0.3) is 21.9 Å². The van der Waals surface area contributed by atoms with Gasteiger partial charge in [-0.3, -0.25) is 9.59 Å². The van der Waals surface area contributed by atoms with Gasteiger partial charge in [-0.25, -0.2) is 13.1 Å². The van der Waals surface area contributed by atoms with Gasteiger partial charge in [0, 0.05) is 22.8 Å². The molecule has 0 saturated heterocycles. The molecule has 0 spiro atoms. The number of rotatable bonds is 6. The molecule has 130 valence electrons. The standard InChI is InChI=1S/C17H15NO6S/c1-25(22,23)18-13(17(20)21)9-14(19)10-6-7-16-12(8-10)11-4-2-3-5-15(11)24-16/h2-8,13,18H,9H2,1H3,(H,20,21). The highest BCUT2D eigenvalue weighted by atomic mass is 32.2. The third-order valence-electron chi connectivity index (χ3n) is 3.74. The summed E-state index contributed by atoms with van der Waals surface area (Å²) < 4.78 is 30.1. The minimum absolute atomic E-state index is 0.292. The van der Waals surface area contributed by atoms with Gasteiger partial charge >= 0.3 is 5.97 Å². The van der Waals surface area contributed by atoms with Gasteiger partial charge in [0.15, 0.2) is 5.78 Å². The largest absolute Gasteiger partial charge is 0.480 e. The predicted molar refractivity (Wildman–Crippen MR) is 92.1 cm³/mol. The lowest BCUT2D eigenvalue weighted by Gasteiger charge is -2.12. The lowest BCUT2D eigenvalue weighted by Crippen LogP contribution is -2.41. The van der Waals surface area contributed by atoms with Gasteiger partial charge in [0.2, 0.25) is 10.0 Å². The third-order valence-corrected chi connectivity index (χ3v) is 4.46. The molecule has 0 amide bonds. The molecule has 3 aromatic rings. The van der Waals surface area contributed by atoms with E-state index in [1.54, 1.807) is 12.1 Å². The smallest absolute Gasteiger partial charge is 0.322 e. The molecule has 0 fully saturated rings. The summed E-state index contributed by atoms with van der Waals surface area (Å²) in [5.74, 6) is -1.88. The predicted octanol–water partition coefficient (Wildman–Crippen LogP) is 2.16. The molecule has 0 saturated carbocycles. The Morgan fingerprint density at radius 3 is 2.48 bits per heavy atom. The summed E-state index contributed by atoms with van der Waals surface area (Å²) in [4.78, 5) is 23.6. The van der Waals surface area contributed by atoms with E-state index < -0.39 is 34.2 Å². The van der Waals surface area contributed by atoms with Crippen LogP contribution in [0.3, 0.4) is 0 Å². The second-order valence-electron chi connectivity index (χ2n) is 5.72. The number of benzene rings is 2. The Morgan fingerprint density at radius 2 is 1.80 bits per heavy atom. The number of Topliss-reactive ketones (excluding diaryl/α,β-unsaturated/α-hetero) is 1. The number of nitrogens with one attached hydrogen (secondary N) is 1. The number of carboxylic acids is 1. The molecular weight excluding hydrogens is 346 g/mol. The zero-order valence-electron chi connectivity index (χ0n) is 13.2. The summed E-state index contributed by atoms with van der Waals surface area (Å²) in [5, 5.41) is 10.7. The van der Waals surface area contributed by atoms with E-state index in [1.165, 1.54) is 6.07 Å². The zero-order chi connectivity index (χ0) is 18.2. The first-order valence-electron chi connectivity index (χ1n) is 7.39.